The van der Waals surface area contributed by atoms with Crippen LogP contribution in [-0.4, -0.2) is 5.78 Å². The summed E-state index contributed by atoms with van der Waals surface area (Å²) in [7, 11) is 0. The Labute approximate surface area is 93.8 Å². The van der Waals surface area contributed by atoms with Gasteiger partial charge >= 0.3 is 0 Å². The molecule has 74 valence electrons. The lowest BCUT2D eigenvalue weighted by atomic mass is 9.92. The van der Waals surface area contributed by atoms with Crippen LogP contribution in [0.4, 0.5) is 0 Å². The van der Waals surface area contributed by atoms with E-state index in [4.69, 9.17) is 0 Å². The van der Waals surface area contributed by atoms with Gasteiger partial charge in [0.1, 0.15) is 0 Å². The zero-order valence-corrected chi connectivity index (χ0v) is 8.75. The monoisotopic (exact) mass is 216 g/mol. The molecule has 1 nitrogen and oxygen atoms in total. The molecular weight excluding hydrogens is 208 g/mol. The SMILES string of the molecule is Cl.O=C1C=Cc2cccc3cccc1c23. The third-order valence-electron chi connectivity index (χ3n) is 2.62. The molecule has 0 aromatic heterocycles. The average molecular weight is 217 g/mol. The van der Waals surface area contributed by atoms with Gasteiger partial charge in [-0.3, -0.25) is 4.79 Å². The van der Waals surface area contributed by atoms with Crippen molar-refractivity contribution in [3.8, 4) is 0 Å². The van der Waals surface area contributed by atoms with Crippen LogP contribution in [0.25, 0.3) is 16.8 Å². The number of allylic oxidation sites excluding steroid dienone is 1. The molecule has 0 fully saturated rings. The molecule has 0 amide bonds. The molecule has 0 saturated carbocycles. The maximum atomic E-state index is 11.6. The quantitative estimate of drug-likeness (QED) is 0.659. The molecule has 0 unspecified atom stereocenters. The van der Waals surface area contributed by atoms with E-state index in [9.17, 15) is 4.79 Å². The number of carbonyl (C=O) groups excluding carboxylic acids is 1. The minimum Gasteiger partial charge on any atom is -0.289 e. The van der Waals surface area contributed by atoms with Crippen LogP contribution in [0.5, 0.6) is 0 Å². The largest absolute Gasteiger partial charge is 0.289 e. The van der Waals surface area contributed by atoms with Crippen molar-refractivity contribution in [1.29, 1.82) is 0 Å². The summed E-state index contributed by atoms with van der Waals surface area (Å²) in [6, 6.07) is 11.9. The predicted octanol–water partition coefficient (Wildman–Crippen LogP) is 3.47. The number of hydrogen-bond donors (Lipinski definition) is 0. The van der Waals surface area contributed by atoms with E-state index in [0.717, 1.165) is 21.9 Å². The number of halogens is 1. The fraction of sp³-hybridized carbons (Fsp3) is 0. The van der Waals surface area contributed by atoms with Crippen LogP contribution >= 0.6 is 12.4 Å². The summed E-state index contributed by atoms with van der Waals surface area (Å²) < 4.78 is 0. The second-order valence-electron chi connectivity index (χ2n) is 3.45. The van der Waals surface area contributed by atoms with E-state index in [1.165, 1.54) is 0 Å². The molecule has 0 bridgehead atoms. The minimum atomic E-state index is 0. The van der Waals surface area contributed by atoms with Gasteiger partial charge in [0.2, 0.25) is 0 Å². The van der Waals surface area contributed by atoms with Crippen molar-refractivity contribution in [1.82, 2.24) is 0 Å². The van der Waals surface area contributed by atoms with Crippen molar-refractivity contribution in [2.45, 2.75) is 0 Å². The Hall–Kier alpha value is -1.60. The van der Waals surface area contributed by atoms with Crippen LogP contribution in [0.1, 0.15) is 15.9 Å². The summed E-state index contributed by atoms with van der Waals surface area (Å²) in [6.07, 6.45) is 3.52. The number of hydrogen-bond acceptors (Lipinski definition) is 1. The third-order valence-corrected chi connectivity index (χ3v) is 2.62. The molecule has 1 aliphatic rings. The van der Waals surface area contributed by atoms with Gasteiger partial charge in [-0.1, -0.05) is 42.5 Å². The fourth-order valence-electron chi connectivity index (χ4n) is 1.97. The maximum absolute atomic E-state index is 11.6. The molecule has 2 aromatic rings. The first-order valence-electron chi connectivity index (χ1n) is 4.60. The van der Waals surface area contributed by atoms with E-state index in [-0.39, 0.29) is 18.2 Å². The Bertz CT molecular complexity index is 565. The van der Waals surface area contributed by atoms with E-state index in [0.29, 0.717) is 0 Å². The molecule has 3 rings (SSSR count). The molecule has 0 heterocycles. The van der Waals surface area contributed by atoms with Crippen molar-refractivity contribution in [3.05, 3.63) is 53.6 Å². The molecule has 2 heteroatoms. The van der Waals surface area contributed by atoms with Gasteiger partial charge in [0, 0.05) is 10.9 Å². The Morgan fingerprint density at radius 1 is 0.867 bits per heavy atom. The summed E-state index contributed by atoms with van der Waals surface area (Å²) in [4.78, 5) is 11.6. The molecule has 15 heavy (non-hydrogen) atoms. The van der Waals surface area contributed by atoms with Crippen molar-refractivity contribution in [2.24, 2.45) is 0 Å². The number of carbonyl (C=O) groups is 1. The fourth-order valence-corrected chi connectivity index (χ4v) is 1.97. The highest BCUT2D eigenvalue weighted by atomic mass is 35.5. The Morgan fingerprint density at radius 3 is 2.40 bits per heavy atom. The van der Waals surface area contributed by atoms with Crippen LogP contribution in [0, 0.1) is 0 Å². The summed E-state index contributed by atoms with van der Waals surface area (Å²) in [5.74, 6) is 0.106. The highest BCUT2D eigenvalue weighted by Crippen LogP contribution is 2.27. The number of rotatable bonds is 0. The zero-order valence-electron chi connectivity index (χ0n) is 7.94. The summed E-state index contributed by atoms with van der Waals surface area (Å²) in [5, 5.41) is 2.22. The van der Waals surface area contributed by atoms with Crippen LogP contribution in [0.2, 0.25) is 0 Å². The van der Waals surface area contributed by atoms with E-state index in [1.54, 1.807) is 6.08 Å². The number of benzene rings is 2. The van der Waals surface area contributed by atoms with Gasteiger partial charge in [-0.2, -0.15) is 0 Å². The second-order valence-corrected chi connectivity index (χ2v) is 3.45. The first-order chi connectivity index (χ1) is 6.86. The molecule has 0 N–H and O–H groups in total. The Kier molecular flexibility index (Phi) is 2.33. The van der Waals surface area contributed by atoms with Crippen molar-refractivity contribution < 1.29 is 4.79 Å². The first-order valence-corrected chi connectivity index (χ1v) is 4.60. The van der Waals surface area contributed by atoms with Crippen LogP contribution < -0.4 is 0 Å². The molecule has 0 spiro atoms. The summed E-state index contributed by atoms with van der Waals surface area (Å²) in [6.45, 7) is 0. The Morgan fingerprint density at radius 2 is 1.60 bits per heavy atom. The summed E-state index contributed by atoms with van der Waals surface area (Å²) >= 11 is 0. The highest BCUT2D eigenvalue weighted by Gasteiger charge is 2.13. The Balaban J connectivity index is 0.000000853. The van der Waals surface area contributed by atoms with Gasteiger partial charge in [-0.25, -0.2) is 0 Å². The highest BCUT2D eigenvalue weighted by molar-refractivity contribution is 6.19. The molecule has 0 radical (unpaired) electrons. The van der Waals surface area contributed by atoms with E-state index < -0.39 is 0 Å². The standard InChI is InChI=1S/C13H8O.ClH/c14-12-8-7-10-4-1-3-9-5-2-6-11(12)13(9)10;/h1-8H;1H. The molecule has 1 aliphatic carbocycles. The lowest BCUT2D eigenvalue weighted by molar-refractivity contribution is 0.104. The van der Waals surface area contributed by atoms with Crippen LogP contribution in [-0.2, 0) is 0 Å². The minimum absolute atomic E-state index is 0. The average Bonchev–Trinajstić information content (AvgIpc) is 2.24. The predicted molar refractivity (Wildman–Crippen MR) is 64.6 cm³/mol. The second kappa shape index (κ2) is 3.52. The van der Waals surface area contributed by atoms with E-state index >= 15 is 0 Å². The van der Waals surface area contributed by atoms with Crippen LogP contribution in [0.15, 0.2) is 42.5 Å². The molecule has 0 aliphatic heterocycles. The summed E-state index contributed by atoms with van der Waals surface area (Å²) in [5.41, 5.74) is 1.96. The molecule has 0 saturated heterocycles. The van der Waals surface area contributed by atoms with Gasteiger partial charge in [0.15, 0.2) is 5.78 Å². The lowest BCUT2D eigenvalue weighted by Crippen LogP contribution is -2.00. The van der Waals surface area contributed by atoms with Crippen molar-refractivity contribution >= 4 is 35.0 Å². The molecule has 2 aromatic carbocycles. The first kappa shape index (κ1) is 9.94. The van der Waals surface area contributed by atoms with Gasteiger partial charge in [0.25, 0.3) is 0 Å². The topological polar surface area (TPSA) is 17.1 Å². The van der Waals surface area contributed by atoms with Crippen molar-refractivity contribution in [3.63, 3.8) is 0 Å². The van der Waals surface area contributed by atoms with Gasteiger partial charge in [-0.15, -0.1) is 12.4 Å². The lowest BCUT2D eigenvalue weighted by Gasteiger charge is -2.10. The van der Waals surface area contributed by atoms with Crippen LogP contribution in [0.3, 0.4) is 0 Å². The number of ketones is 1. The van der Waals surface area contributed by atoms with Gasteiger partial charge in [0.05, 0.1) is 0 Å². The maximum Gasteiger partial charge on any atom is 0.186 e. The van der Waals surface area contributed by atoms with Crippen molar-refractivity contribution in [2.75, 3.05) is 0 Å². The molecule has 0 atom stereocenters. The zero-order chi connectivity index (χ0) is 9.54. The van der Waals surface area contributed by atoms with Gasteiger partial charge < -0.3 is 0 Å². The van der Waals surface area contributed by atoms with E-state index in [1.807, 2.05) is 42.5 Å². The van der Waals surface area contributed by atoms with Gasteiger partial charge in [-0.05, 0) is 17.0 Å². The smallest absolute Gasteiger partial charge is 0.186 e. The van der Waals surface area contributed by atoms with E-state index in [2.05, 4.69) is 0 Å². The third kappa shape index (κ3) is 1.36. The normalized spacial score (nSPS) is 12.7. The molecular formula is C13H9ClO.